The summed E-state index contributed by atoms with van der Waals surface area (Å²) in [6.45, 7) is 3.71. The number of nitrogens with one attached hydrogen (secondary N) is 1. The first-order valence-corrected chi connectivity index (χ1v) is 7.79. The van der Waals surface area contributed by atoms with E-state index in [0.717, 1.165) is 10.5 Å². The number of hydrogen-bond donors (Lipinski definition) is 1. The minimum absolute atomic E-state index is 0.164. The SMILES string of the molecule is Cc1ccc(F)c(NC(=O)C(C)CSc2ccccc2)c1. The van der Waals surface area contributed by atoms with Crippen LogP contribution in [0.5, 0.6) is 0 Å². The second kappa shape index (κ2) is 7.27. The van der Waals surface area contributed by atoms with Gasteiger partial charge in [0.1, 0.15) is 5.82 Å². The van der Waals surface area contributed by atoms with Crippen molar-refractivity contribution in [1.29, 1.82) is 0 Å². The van der Waals surface area contributed by atoms with Crippen molar-refractivity contribution in [1.82, 2.24) is 0 Å². The first kappa shape index (κ1) is 15.6. The van der Waals surface area contributed by atoms with E-state index in [1.54, 1.807) is 23.9 Å². The normalized spacial score (nSPS) is 12.0. The minimum Gasteiger partial charge on any atom is -0.323 e. The summed E-state index contributed by atoms with van der Waals surface area (Å²) >= 11 is 1.62. The first-order valence-electron chi connectivity index (χ1n) is 6.81. The molecule has 1 N–H and O–H groups in total. The van der Waals surface area contributed by atoms with Crippen molar-refractivity contribution < 1.29 is 9.18 Å². The Labute approximate surface area is 128 Å². The molecule has 0 aliphatic carbocycles. The van der Waals surface area contributed by atoms with E-state index in [9.17, 15) is 9.18 Å². The summed E-state index contributed by atoms with van der Waals surface area (Å²) in [6.07, 6.45) is 0. The molecule has 2 aromatic rings. The fourth-order valence-corrected chi connectivity index (χ4v) is 2.75. The van der Waals surface area contributed by atoms with Crippen LogP contribution in [0.2, 0.25) is 0 Å². The molecule has 0 radical (unpaired) electrons. The minimum atomic E-state index is -0.406. The predicted molar refractivity (Wildman–Crippen MR) is 86.1 cm³/mol. The summed E-state index contributed by atoms with van der Waals surface area (Å²) in [4.78, 5) is 13.2. The standard InChI is InChI=1S/C17H18FNOS/c1-12-8-9-15(18)16(10-12)19-17(20)13(2)11-21-14-6-4-3-5-7-14/h3-10,13H,11H2,1-2H3,(H,19,20). The number of hydrogen-bond acceptors (Lipinski definition) is 2. The third kappa shape index (κ3) is 4.60. The highest BCUT2D eigenvalue weighted by molar-refractivity contribution is 7.99. The van der Waals surface area contributed by atoms with Crippen LogP contribution in [0.4, 0.5) is 10.1 Å². The highest BCUT2D eigenvalue weighted by atomic mass is 32.2. The lowest BCUT2D eigenvalue weighted by Crippen LogP contribution is -2.22. The average Bonchev–Trinajstić information content (AvgIpc) is 2.49. The van der Waals surface area contributed by atoms with Gasteiger partial charge in [0.25, 0.3) is 0 Å². The monoisotopic (exact) mass is 303 g/mol. The van der Waals surface area contributed by atoms with Gasteiger partial charge in [0.2, 0.25) is 5.91 Å². The van der Waals surface area contributed by atoms with E-state index in [-0.39, 0.29) is 17.5 Å². The van der Waals surface area contributed by atoms with Gasteiger partial charge in [0, 0.05) is 16.6 Å². The maximum atomic E-state index is 13.6. The fraction of sp³-hybridized carbons (Fsp3) is 0.235. The van der Waals surface area contributed by atoms with Gasteiger partial charge in [-0.05, 0) is 36.8 Å². The Kier molecular flexibility index (Phi) is 5.39. The van der Waals surface area contributed by atoms with Gasteiger partial charge in [-0.2, -0.15) is 0 Å². The smallest absolute Gasteiger partial charge is 0.228 e. The van der Waals surface area contributed by atoms with Crippen LogP contribution in [0.3, 0.4) is 0 Å². The second-order valence-corrected chi connectivity index (χ2v) is 6.09. The van der Waals surface area contributed by atoms with Crippen molar-refractivity contribution in [3.63, 3.8) is 0 Å². The summed E-state index contributed by atoms with van der Waals surface area (Å²) in [5.41, 5.74) is 1.16. The number of rotatable bonds is 5. The summed E-state index contributed by atoms with van der Waals surface area (Å²) in [7, 11) is 0. The molecule has 0 spiro atoms. The molecule has 4 heteroatoms. The Morgan fingerprint density at radius 3 is 2.67 bits per heavy atom. The quantitative estimate of drug-likeness (QED) is 0.824. The molecule has 0 heterocycles. The van der Waals surface area contributed by atoms with E-state index in [4.69, 9.17) is 0 Å². The number of halogens is 1. The molecule has 1 unspecified atom stereocenters. The first-order chi connectivity index (χ1) is 10.1. The zero-order valence-electron chi connectivity index (χ0n) is 12.1. The van der Waals surface area contributed by atoms with Gasteiger partial charge in [-0.1, -0.05) is 31.2 Å². The lowest BCUT2D eigenvalue weighted by atomic mass is 10.1. The van der Waals surface area contributed by atoms with Crippen molar-refractivity contribution >= 4 is 23.4 Å². The molecule has 1 amide bonds. The number of amides is 1. The summed E-state index contributed by atoms with van der Waals surface area (Å²) in [5.74, 6) is -0.113. The van der Waals surface area contributed by atoms with Crippen LogP contribution < -0.4 is 5.32 Å². The molecule has 0 aliphatic heterocycles. The molecule has 2 rings (SSSR count). The Balaban J connectivity index is 1.92. The van der Waals surface area contributed by atoms with E-state index in [1.165, 1.54) is 6.07 Å². The van der Waals surface area contributed by atoms with Crippen LogP contribution in [0.15, 0.2) is 53.4 Å². The largest absolute Gasteiger partial charge is 0.323 e. The van der Waals surface area contributed by atoms with Crippen molar-refractivity contribution in [3.8, 4) is 0 Å². The molecule has 0 aromatic heterocycles. The molecule has 2 nitrogen and oxygen atoms in total. The summed E-state index contributed by atoms with van der Waals surface area (Å²) in [6, 6.07) is 14.6. The van der Waals surface area contributed by atoms with Gasteiger partial charge in [0.15, 0.2) is 0 Å². The van der Waals surface area contributed by atoms with E-state index in [2.05, 4.69) is 5.32 Å². The number of carbonyl (C=O) groups is 1. The van der Waals surface area contributed by atoms with Gasteiger partial charge in [0.05, 0.1) is 5.69 Å². The zero-order valence-corrected chi connectivity index (χ0v) is 12.9. The highest BCUT2D eigenvalue weighted by Gasteiger charge is 2.15. The van der Waals surface area contributed by atoms with E-state index < -0.39 is 5.82 Å². The summed E-state index contributed by atoms with van der Waals surface area (Å²) in [5, 5.41) is 2.66. The average molecular weight is 303 g/mol. The van der Waals surface area contributed by atoms with Crippen LogP contribution >= 0.6 is 11.8 Å². The van der Waals surface area contributed by atoms with Crippen molar-refractivity contribution in [2.45, 2.75) is 18.7 Å². The van der Waals surface area contributed by atoms with Crippen LogP contribution in [-0.2, 0) is 4.79 Å². The number of benzene rings is 2. The summed E-state index contributed by atoms with van der Waals surface area (Å²) < 4.78 is 13.6. The molecule has 0 saturated carbocycles. The van der Waals surface area contributed by atoms with Crippen LogP contribution in [0.25, 0.3) is 0 Å². The van der Waals surface area contributed by atoms with Crippen molar-refractivity contribution in [2.24, 2.45) is 5.92 Å². The number of anilines is 1. The Morgan fingerprint density at radius 2 is 1.95 bits per heavy atom. The van der Waals surface area contributed by atoms with Gasteiger partial charge >= 0.3 is 0 Å². The number of aryl methyl sites for hydroxylation is 1. The highest BCUT2D eigenvalue weighted by Crippen LogP contribution is 2.22. The molecular weight excluding hydrogens is 285 g/mol. The van der Waals surface area contributed by atoms with Crippen molar-refractivity contribution in [3.05, 3.63) is 59.9 Å². The van der Waals surface area contributed by atoms with E-state index in [1.807, 2.05) is 44.2 Å². The third-order valence-corrected chi connectivity index (χ3v) is 4.34. The lowest BCUT2D eigenvalue weighted by molar-refractivity contribution is -0.118. The topological polar surface area (TPSA) is 29.1 Å². The van der Waals surface area contributed by atoms with E-state index in [0.29, 0.717) is 5.75 Å². The molecule has 21 heavy (non-hydrogen) atoms. The van der Waals surface area contributed by atoms with Gasteiger partial charge in [-0.3, -0.25) is 4.79 Å². The molecule has 0 bridgehead atoms. The predicted octanol–water partition coefficient (Wildman–Crippen LogP) is 4.50. The number of thioether (sulfide) groups is 1. The Hall–Kier alpha value is -1.81. The van der Waals surface area contributed by atoms with E-state index >= 15 is 0 Å². The van der Waals surface area contributed by atoms with Crippen molar-refractivity contribution in [2.75, 3.05) is 11.1 Å². The maximum Gasteiger partial charge on any atom is 0.228 e. The Bertz CT molecular complexity index is 615. The van der Waals surface area contributed by atoms with Gasteiger partial charge in [-0.15, -0.1) is 11.8 Å². The van der Waals surface area contributed by atoms with Gasteiger partial charge in [-0.25, -0.2) is 4.39 Å². The molecule has 0 aliphatic rings. The zero-order chi connectivity index (χ0) is 15.2. The van der Waals surface area contributed by atoms with Crippen LogP contribution in [0, 0.1) is 18.7 Å². The Morgan fingerprint density at radius 1 is 1.24 bits per heavy atom. The van der Waals surface area contributed by atoms with Gasteiger partial charge < -0.3 is 5.32 Å². The third-order valence-electron chi connectivity index (χ3n) is 3.07. The second-order valence-electron chi connectivity index (χ2n) is 5.00. The molecule has 1 atom stereocenters. The van der Waals surface area contributed by atoms with Crippen LogP contribution in [-0.4, -0.2) is 11.7 Å². The molecule has 0 saturated heterocycles. The maximum absolute atomic E-state index is 13.6. The molecule has 110 valence electrons. The van der Waals surface area contributed by atoms with Crippen LogP contribution in [0.1, 0.15) is 12.5 Å². The molecular formula is C17H18FNOS. The molecule has 2 aromatic carbocycles. The fourth-order valence-electron chi connectivity index (χ4n) is 1.80. The number of carbonyl (C=O) groups excluding carboxylic acids is 1. The molecule has 0 fully saturated rings. The lowest BCUT2D eigenvalue weighted by Gasteiger charge is -2.13.